The van der Waals surface area contributed by atoms with Crippen LogP contribution in [0.25, 0.3) is 11.1 Å². The molecular weight excluding hydrogens is 388 g/mol. The Bertz CT molecular complexity index is 732. The van der Waals surface area contributed by atoms with Gasteiger partial charge in [0, 0.05) is 19.7 Å². The monoisotopic (exact) mass is 418 g/mol. The fourth-order valence-corrected chi connectivity index (χ4v) is 3.44. The molecule has 0 saturated carbocycles. The van der Waals surface area contributed by atoms with Gasteiger partial charge in [-0.3, -0.25) is 4.79 Å². The Morgan fingerprint density at radius 3 is 2.31 bits per heavy atom. The summed E-state index contributed by atoms with van der Waals surface area (Å²) in [5, 5.41) is 0. The fourth-order valence-electron chi connectivity index (χ4n) is 3.44. The van der Waals surface area contributed by atoms with Gasteiger partial charge in [-0.2, -0.15) is 0 Å². The van der Waals surface area contributed by atoms with Crippen molar-refractivity contribution in [1.82, 2.24) is 4.90 Å². The maximum atomic E-state index is 12.7. The van der Waals surface area contributed by atoms with Crippen molar-refractivity contribution >= 4 is 18.3 Å². The summed E-state index contributed by atoms with van der Waals surface area (Å²) < 4.78 is 11.7. The lowest BCUT2D eigenvalue weighted by Crippen LogP contribution is -2.46. The van der Waals surface area contributed by atoms with E-state index < -0.39 is 6.10 Å². The van der Waals surface area contributed by atoms with Gasteiger partial charge < -0.3 is 20.1 Å². The fraction of sp³-hybridized carbons (Fsp3) is 0.435. The van der Waals surface area contributed by atoms with Crippen LogP contribution in [-0.2, 0) is 9.53 Å². The Kier molecular flexibility index (Phi) is 9.45. The normalized spacial score (nSPS) is 15.4. The molecule has 29 heavy (non-hydrogen) atoms. The van der Waals surface area contributed by atoms with E-state index in [2.05, 4.69) is 12.1 Å². The van der Waals surface area contributed by atoms with Gasteiger partial charge in [-0.1, -0.05) is 42.5 Å². The Labute approximate surface area is 179 Å². The minimum absolute atomic E-state index is 0. The summed E-state index contributed by atoms with van der Waals surface area (Å²) in [7, 11) is 0. The van der Waals surface area contributed by atoms with Crippen molar-refractivity contribution in [2.75, 3.05) is 26.2 Å². The molecule has 3 rings (SSSR count). The zero-order valence-corrected chi connectivity index (χ0v) is 17.8. The molecule has 1 aliphatic rings. The number of carbonyl (C=O) groups is 1. The second-order valence-corrected chi connectivity index (χ2v) is 7.19. The number of likely N-dealkylation sites (tertiary alicyclic amines) is 1. The molecule has 2 N–H and O–H groups in total. The van der Waals surface area contributed by atoms with Crippen LogP contribution in [-0.4, -0.2) is 49.3 Å². The van der Waals surface area contributed by atoms with Crippen molar-refractivity contribution in [3.05, 3.63) is 54.6 Å². The van der Waals surface area contributed by atoms with E-state index >= 15 is 0 Å². The molecule has 1 saturated heterocycles. The van der Waals surface area contributed by atoms with E-state index in [4.69, 9.17) is 15.2 Å². The zero-order chi connectivity index (χ0) is 19.8. The maximum absolute atomic E-state index is 12.7. The number of ether oxygens (including phenoxy) is 2. The average Bonchev–Trinajstić information content (AvgIpc) is 2.75. The molecule has 6 heteroatoms. The summed E-state index contributed by atoms with van der Waals surface area (Å²) >= 11 is 0. The van der Waals surface area contributed by atoms with Crippen molar-refractivity contribution in [3.63, 3.8) is 0 Å². The molecule has 1 heterocycles. The molecule has 0 aliphatic carbocycles. The lowest BCUT2D eigenvalue weighted by atomic mass is 10.1. The number of benzene rings is 2. The Morgan fingerprint density at radius 1 is 1.07 bits per heavy atom. The van der Waals surface area contributed by atoms with E-state index in [-0.39, 0.29) is 24.4 Å². The van der Waals surface area contributed by atoms with Crippen LogP contribution in [0.3, 0.4) is 0 Å². The Hall–Kier alpha value is -2.08. The van der Waals surface area contributed by atoms with E-state index in [0.29, 0.717) is 32.0 Å². The van der Waals surface area contributed by atoms with Crippen LogP contribution in [0.4, 0.5) is 0 Å². The van der Waals surface area contributed by atoms with Crippen LogP contribution in [0.15, 0.2) is 54.6 Å². The van der Waals surface area contributed by atoms with Crippen LogP contribution >= 0.6 is 12.4 Å². The molecule has 1 amide bonds. The van der Waals surface area contributed by atoms with Gasteiger partial charge in [0.2, 0.25) is 0 Å². The predicted molar refractivity (Wildman–Crippen MR) is 118 cm³/mol. The second kappa shape index (κ2) is 11.8. The van der Waals surface area contributed by atoms with Crippen LogP contribution < -0.4 is 10.5 Å². The quantitative estimate of drug-likeness (QED) is 0.660. The Balaban J connectivity index is 0.00000300. The highest BCUT2D eigenvalue weighted by Gasteiger charge is 2.27. The van der Waals surface area contributed by atoms with Gasteiger partial charge in [0.1, 0.15) is 5.75 Å². The standard InChI is InChI=1S/C23H30N2O3.ClH/c1-18(23(26)25-15-12-21(13-16-25)27-17-5-14-24)28-22-10-8-20(9-11-22)19-6-3-2-4-7-19;/h2-4,6-11,18,21H,5,12-17,24H2,1H3;1H. The number of carbonyl (C=O) groups excluding carboxylic acids is 1. The van der Waals surface area contributed by atoms with Crippen molar-refractivity contribution in [2.45, 2.75) is 38.4 Å². The number of nitrogens with two attached hydrogens (primary N) is 1. The van der Waals surface area contributed by atoms with Crippen molar-refractivity contribution < 1.29 is 14.3 Å². The van der Waals surface area contributed by atoms with Crippen LogP contribution in [0.2, 0.25) is 0 Å². The molecule has 1 unspecified atom stereocenters. The van der Waals surface area contributed by atoms with Crippen molar-refractivity contribution in [1.29, 1.82) is 0 Å². The SMILES string of the molecule is CC(Oc1ccc(-c2ccccc2)cc1)C(=O)N1CCC(OCCCN)CC1.Cl. The van der Waals surface area contributed by atoms with Gasteiger partial charge >= 0.3 is 0 Å². The highest BCUT2D eigenvalue weighted by Crippen LogP contribution is 2.23. The molecule has 2 aromatic rings. The number of hydrogen-bond donors (Lipinski definition) is 1. The van der Waals surface area contributed by atoms with E-state index in [1.165, 1.54) is 0 Å². The molecule has 5 nitrogen and oxygen atoms in total. The molecule has 0 radical (unpaired) electrons. The van der Waals surface area contributed by atoms with Crippen LogP contribution in [0.1, 0.15) is 26.2 Å². The molecule has 1 fully saturated rings. The lowest BCUT2D eigenvalue weighted by molar-refractivity contribution is -0.140. The van der Waals surface area contributed by atoms with E-state index in [0.717, 1.165) is 30.4 Å². The van der Waals surface area contributed by atoms with E-state index in [1.54, 1.807) is 0 Å². The van der Waals surface area contributed by atoms with Gasteiger partial charge in [-0.15, -0.1) is 12.4 Å². The number of piperidine rings is 1. The largest absolute Gasteiger partial charge is 0.481 e. The molecule has 1 atom stereocenters. The number of halogens is 1. The summed E-state index contributed by atoms with van der Waals surface area (Å²) in [5.41, 5.74) is 7.78. The molecule has 0 spiro atoms. The predicted octanol–water partition coefficient (Wildman–Crippen LogP) is 3.90. The third-order valence-corrected chi connectivity index (χ3v) is 5.08. The number of nitrogens with zero attached hydrogens (tertiary/aromatic N) is 1. The first kappa shape index (κ1) is 23.2. The third-order valence-electron chi connectivity index (χ3n) is 5.08. The molecule has 0 bridgehead atoms. The van der Waals surface area contributed by atoms with Gasteiger partial charge in [0.05, 0.1) is 6.10 Å². The number of amides is 1. The highest BCUT2D eigenvalue weighted by molar-refractivity contribution is 5.85. The van der Waals surface area contributed by atoms with E-state index in [9.17, 15) is 4.79 Å². The molecule has 158 valence electrons. The zero-order valence-electron chi connectivity index (χ0n) is 17.0. The molecule has 2 aromatic carbocycles. The summed E-state index contributed by atoms with van der Waals surface area (Å²) in [6.45, 7) is 4.60. The minimum Gasteiger partial charge on any atom is -0.481 e. The summed E-state index contributed by atoms with van der Waals surface area (Å²) in [4.78, 5) is 14.6. The van der Waals surface area contributed by atoms with Crippen LogP contribution in [0, 0.1) is 0 Å². The van der Waals surface area contributed by atoms with Gasteiger partial charge in [0.25, 0.3) is 5.91 Å². The number of hydrogen-bond acceptors (Lipinski definition) is 4. The van der Waals surface area contributed by atoms with Gasteiger partial charge in [-0.05, 0) is 56.0 Å². The minimum atomic E-state index is -0.503. The lowest BCUT2D eigenvalue weighted by Gasteiger charge is -2.33. The topological polar surface area (TPSA) is 64.8 Å². The maximum Gasteiger partial charge on any atom is 0.263 e. The average molecular weight is 419 g/mol. The molecule has 0 aromatic heterocycles. The first-order chi connectivity index (χ1) is 13.7. The Morgan fingerprint density at radius 2 is 1.69 bits per heavy atom. The molecular formula is C23H31ClN2O3. The van der Waals surface area contributed by atoms with Crippen molar-refractivity contribution in [3.8, 4) is 16.9 Å². The highest BCUT2D eigenvalue weighted by atomic mass is 35.5. The van der Waals surface area contributed by atoms with Gasteiger partial charge in [-0.25, -0.2) is 0 Å². The summed E-state index contributed by atoms with van der Waals surface area (Å²) in [6.07, 6.45) is 2.35. The van der Waals surface area contributed by atoms with E-state index in [1.807, 2.05) is 54.3 Å². The summed E-state index contributed by atoms with van der Waals surface area (Å²) in [6, 6.07) is 18.1. The number of rotatable bonds is 8. The van der Waals surface area contributed by atoms with Crippen molar-refractivity contribution in [2.24, 2.45) is 5.73 Å². The van der Waals surface area contributed by atoms with Crippen LogP contribution in [0.5, 0.6) is 5.75 Å². The smallest absolute Gasteiger partial charge is 0.263 e. The molecule has 1 aliphatic heterocycles. The first-order valence-corrected chi connectivity index (χ1v) is 10.1. The first-order valence-electron chi connectivity index (χ1n) is 10.1. The van der Waals surface area contributed by atoms with Gasteiger partial charge in [0.15, 0.2) is 6.10 Å². The summed E-state index contributed by atoms with van der Waals surface area (Å²) in [5.74, 6) is 0.744. The second-order valence-electron chi connectivity index (χ2n) is 7.19. The third kappa shape index (κ3) is 6.74.